The predicted octanol–water partition coefficient (Wildman–Crippen LogP) is 4.36. The molecule has 0 aliphatic heterocycles. The molecule has 2 amide bonds. The first kappa shape index (κ1) is 29.0. The van der Waals surface area contributed by atoms with Crippen LogP contribution in [0.15, 0.2) is 36.4 Å². The van der Waals surface area contributed by atoms with Gasteiger partial charge in [-0.05, 0) is 49.2 Å². The van der Waals surface area contributed by atoms with Crippen LogP contribution in [0.3, 0.4) is 0 Å². The van der Waals surface area contributed by atoms with Crippen molar-refractivity contribution in [3.63, 3.8) is 0 Å². The molecule has 0 aromatic heterocycles. The number of hydrogen-bond acceptors (Lipinski definition) is 5. The molecule has 0 spiro atoms. The Morgan fingerprint density at radius 3 is 2.29 bits per heavy atom. The van der Waals surface area contributed by atoms with E-state index in [0.29, 0.717) is 27.9 Å². The third-order valence-corrected chi connectivity index (χ3v) is 7.33. The van der Waals surface area contributed by atoms with Gasteiger partial charge < -0.3 is 15.0 Å². The Kier molecular flexibility index (Phi) is 10.5. The lowest BCUT2D eigenvalue weighted by Crippen LogP contribution is -2.51. The summed E-state index contributed by atoms with van der Waals surface area (Å²) < 4.78 is 31.3. The molecule has 0 aliphatic carbocycles. The fourth-order valence-electron chi connectivity index (χ4n) is 3.24. The van der Waals surface area contributed by atoms with E-state index in [9.17, 15) is 18.0 Å². The zero-order chi connectivity index (χ0) is 26.3. The SMILES string of the molecule is CCCNC(=O)C(C)N(Cc1ccc(Cl)c(Cl)c1)C(=O)CN(c1ccc(OC)c(Cl)c1)S(C)(=O)=O. The van der Waals surface area contributed by atoms with Crippen LogP contribution in [0.25, 0.3) is 0 Å². The molecule has 12 heteroatoms. The number of rotatable bonds is 11. The number of nitrogens with zero attached hydrogens (tertiary/aromatic N) is 2. The molecular weight excluding hydrogens is 537 g/mol. The molecule has 0 bridgehead atoms. The van der Waals surface area contributed by atoms with Crippen molar-refractivity contribution in [3.05, 3.63) is 57.0 Å². The van der Waals surface area contributed by atoms with Crippen LogP contribution in [0.1, 0.15) is 25.8 Å². The molecule has 0 saturated heterocycles. The number of halogens is 3. The van der Waals surface area contributed by atoms with Crippen molar-refractivity contribution in [3.8, 4) is 5.75 Å². The van der Waals surface area contributed by atoms with Gasteiger partial charge in [0.25, 0.3) is 0 Å². The van der Waals surface area contributed by atoms with Crippen molar-refractivity contribution in [1.29, 1.82) is 0 Å². The van der Waals surface area contributed by atoms with E-state index in [1.54, 1.807) is 25.1 Å². The third-order valence-electron chi connectivity index (χ3n) is 5.16. The van der Waals surface area contributed by atoms with E-state index in [-0.39, 0.29) is 23.2 Å². The molecular formula is C23H28Cl3N3O5S. The predicted molar refractivity (Wildman–Crippen MR) is 140 cm³/mol. The number of ether oxygens (including phenoxy) is 1. The fourth-order valence-corrected chi connectivity index (χ4v) is 4.65. The second-order valence-corrected chi connectivity index (χ2v) is 11.0. The zero-order valence-electron chi connectivity index (χ0n) is 19.8. The summed E-state index contributed by atoms with van der Waals surface area (Å²) in [6.45, 7) is 3.40. The zero-order valence-corrected chi connectivity index (χ0v) is 22.9. The molecule has 0 fully saturated rings. The summed E-state index contributed by atoms with van der Waals surface area (Å²) in [5, 5.41) is 3.60. The minimum absolute atomic E-state index is 0.0113. The van der Waals surface area contributed by atoms with E-state index in [4.69, 9.17) is 39.5 Å². The van der Waals surface area contributed by atoms with Crippen LogP contribution in [0.2, 0.25) is 15.1 Å². The van der Waals surface area contributed by atoms with Gasteiger partial charge in [-0.3, -0.25) is 13.9 Å². The normalized spacial score (nSPS) is 12.1. The van der Waals surface area contributed by atoms with Gasteiger partial charge in [0.2, 0.25) is 21.8 Å². The van der Waals surface area contributed by atoms with Crippen LogP contribution in [0.5, 0.6) is 5.75 Å². The average molecular weight is 565 g/mol. The van der Waals surface area contributed by atoms with Crippen molar-refractivity contribution in [1.82, 2.24) is 10.2 Å². The van der Waals surface area contributed by atoms with Crippen LogP contribution in [-0.4, -0.2) is 57.6 Å². The van der Waals surface area contributed by atoms with Gasteiger partial charge in [0.05, 0.1) is 34.1 Å². The lowest BCUT2D eigenvalue weighted by Gasteiger charge is -2.31. The Bertz CT molecular complexity index is 1180. The second kappa shape index (κ2) is 12.7. The summed E-state index contributed by atoms with van der Waals surface area (Å²) in [6.07, 6.45) is 1.71. The Morgan fingerprint density at radius 2 is 1.74 bits per heavy atom. The molecule has 8 nitrogen and oxygen atoms in total. The highest BCUT2D eigenvalue weighted by atomic mass is 35.5. The summed E-state index contributed by atoms with van der Waals surface area (Å²) in [7, 11) is -2.45. The van der Waals surface area contributed by atoms with Crippen molar-refractivity contribution in [2.75, 3.05) is 30.8 Å². The fraction of sp³-hybridized carbons (Fsp3) is 0.391. The van der Waals surface area contributed by atoms with Gasteiger partial charge in [-0.15, -0.1) is 0 Å². The first-order valence-electron chi connectivity index (χ1n) is 10.7. The Hall–Kier alpha value is -2.20. The standard InChI is InChI=1S/C23H28Cl3N3O5S/c1-5-10-27-23(31)15(2)28(13-16-6-8-18(24)19(25)11-16)22(30)14-29(35(4,32)33)17-7-9-21(34-3)20(26)12-17/h6-9,11-12,15H,5,10,13-14H2,1-4H3,(H,27,31). The summed E-state index contributed by atoms with van der Waals surface area (Å²) in [5.74, 6) is -0.594. The van der Waals surface area contributed by atoms with Crippen molar-refractivity contribution in [2.24, 2.45) is 0 Å². The number of carbonyl (C=O) groups excluding carboxylic acids is 2. The topological polar surface area (TPSA) is 96.0 Å². The van der Waals surface area contributed by atoms with Crippen LogP contribution in [0, 0.1) is 0 Å². The van der Waals surface area contributed by atoms with Crippen LogP contribution in [-0.2, 0) is 26.2 Å². The van der Waals surface area contributed by atoms with Crippen LogP contribution in [0.4, 0.5) is 5.69 Å². The molecule has 2 aromatic rings. The summed E-state index contributed by atoms with van der Waals surface area (Å²) in [5.41, 5.74) is 0.811. The molecule has 2 aromatic carbocycles. The number of amides is 2. The minimum Gasteiger partial charge on any atom is -0.495 e. The van der Waals surface area contributed by atoms with Gasteiger partial charge in [-0.25, -0.2) is 8.42 Å². The second-order valence-electron chi connectivity index (χ2n) is 7.83. The highest BCUT2D eigenvalue weighted by molar-refractivity contribution is 7.92. The number of carbonyl (C=O) groups is 2. The van der Waals surface area contributed by atoms with Crippen molar-refractivity contribution >= 4 is 62.3 Å². The summed E-state index contributed by atoms with van der Waals surface area (Å²) in [6, 6.07) is 8.38. The highest BCUT2D eigenvalue weighted by Crippen LogP contribution is 2.30. The van der Waals surface area contributed by atoms with Gasteiger partial charge >= 0.3 is 0 Å². The van der Waals surface area contributed by atoms with E-state index >= 15 is 0 Å². The molecule has 1 N–H and O–H groups in total. The van der Waals surface area contributed by atoms with E-state index in [1.165, 1.54) is 30.2 Å². The number of methoxy groups -OCH3 is 1. The molecule has 1 atom stereocenters. The lowest BCUT2D eigenvalue weighted by atomic mass is 10.1. The smallest absolute Gasteiger partial charge is 0.244 e. The average Bonchev–Trinajstić information content (AvgIpc) is 2.80. The van der Waals surface area contributed by atoms with Gasteiger partial charge in [0.1, 0.15) is 18.3 Å². The molecule has 0 saturated carbocycles. The van der Waals surface area contributed by atoms with Gasteiger partial charge in [-0.2, -0.15) is 0 Å². The molecule has 192 valence electrons. The van der Waals surface area contributed by atoms with E-state index in [2.05, 4.69) is 5.32 Å². The monoisotopic (exact) mass is 563 g/mol. The third kappa shape index (κ3) is 7.90. The van der Waals surface area contributed by atoms with E-state index in [0.717, 1.165) is 17.0 Å². The first-order valence-corrected chi connectivity index (χ1v) is 13.7. The van der Waals surface area contributed by atoms with E-state index in [1.807, 2.05) is 6.92 Å². The largest absolute Gasteiger partial charge is 0.495 e. The first-order chi connectivity index (χ1) is 16.4. The van der Waals surface area contributed by atoms with Crippen LogP contribution >= 0.6 is 34.8 Å². The summed E-state index contributed by atoms with van der Waals surface area (Å²) >= 11 is 18.3. The quantitative estimate of drug-likeness (QED) is 0.437. The van der Waals surface area contributed by atoms with Crippen LogP contribution < -0.4 is 14.4 Å². The maximum absolute atomic E-state index is 13.5. The van der Waals surface area contributed by atoms with Gasteiger partial charge in [-0.1, -0.05) is 47.8 Å². The number of benzene rings is 2. The molecule has 2 rings (SSSR count). The summed E-state index contributed by atoms with van der Waals surface area (Å²) in [4.78, 5) is 27.5. The maximum atomic E-state index is 13.5. The number of sulfonamides is 1. The lowest BCUT2D eigenvalue weighted by molar-refractivity contribution is -0.139. The number of anilines is 1. The molecule has 0 heterocycles. The Balaban J connectivity index is 2.42. The number of nitrogens with one attached hydrogen (secondary N) is 1. The molecule has 35 heavy (non-hydrogen) atoms. The van der Waals surface area contributed by atoms with Gasteiger partial charge in [0.15, 0.2) is 0 Å². The maximum Gasteiger partial charge on any atom is 0.244 e. The van der Waals surface area contributed by atoms with Gasteiger partial charge in [0, 0.05) is 13.1 Å². The highest BCUT2D eigenvalue weighted by Gasteiger charge is 2.30. The molecule has 0 aliphatic rings. The Labute approximate surface area is 221 Å². The minimum atomic E-state index is -3.88. The number of hydrogen-bond donors (Lipinski definition) is 1. The molecule has 0 radical (unpaired) electrons. The van der Waals surface area contributed by atoms with E-state index < -0.39 is 28.5 Å². The van der Waals surface area contributed by atoms with Crippen molar-refractivity contribution in [2.45, 2.75) is 32.9 Å². The molecule has 1 unspecified atom stereocenters. The Morgan fingerprint density at radius 1 is 1.06 bits per heavy atom. The van der Waals surface area contributed by atoms with Crippen molar-refractivity contribution < 1.29 is 22.7 Å².